The number of esters is 2. The van der Waals surface area contributed by atoms with Crippen LogP contribution in [0.2, 0.25) is 0 Å². The van der Waals surface area contributed by atoms with Crippen molar-refractivity contribution in [2.75, 3.05) is 45.5 Å². The van der Waals surface area contributed by atoms with Crippen molar-refractivity contribution in [3.05, 3.63) is 0 Å². The first-order valence-corrected chi connectivity index (χ1v) is 16.0. The molecule has 1 aromatic heterocycles. The lowest BCUT2D eigenvalue weighted by molar-refractivity contribution is -0.145. The van der Waals surface area contributed by atoms with Crippen LogP contribution in [-0.4, -0.2) is 102 Å². The van der Waals surface area contributed by atoms with E-state index in [-0.39, 0.29) is 49.4 Å². The highest BCUT2D eigenvalue weighted by molar-refractivity contribution is 7.54. The molecule has 1 heterocycles. The molecule has 0 bridgehead atoms. The van der Waals surface area contributed by atoms with Gasteiger partial charge in [0, 0.05) is 19.2 Å². The van der Waals surface area contributed by atoms with Gasteiger partial charge in [-0.05, 0) is 32.6 Å². The second kappa shape index (κ2) is 16.4. The lowest BCUT2D eigenvalue weighted by atomic mass is 10.0. The van der Waals surface area contributed by atoms with Crippen molar-refractivity contribution in [3.63, 3.8) is 0 Å². The highest BCUT2D eigenvalue weighted by Crippen LogP contribution is 2.53. The minimum Gasteiger partial charge on any atom is -0.479 e. The van der Waals surface area contributed by atoms with Crippen LogP contribution in [0, 0.1) is 11.8 Å². The molecule has 0 aliphatic heterocycles. The lowest BCUT2D eigenvalue weighted by Crippen LogP contribution is -2.47. The van der Waals surface area contributed by atoms with Gasteiger partial charge in [0.15, 0.2) is 11.5 Å². The van der Waals surface area contributed by atoms with Gasteiger partial charge in [-0.3, -0.25) is 19.1 Å². The van der Waals surface area contributed by atoms with Gasteiger partial charge >= 0.3 is 19.6 Å². The average molecular weight is 648 g/mol. The molecule has 6 unspecified atom stereocenters. The van der Waals surface area contributed by atoms with Crippen molar-refractivity contribution in [2.45, 2.75) is 77.4 Å². The van der Waals surface area contributed by atoms with E-state index in [1.165, 1.54) is 20.4 Å². The minimum absolute atomic E-state index is 0.0314. The summed E-state index contributed by atoms with van der Waals surface area (Å²) in [5.74, 6) is -2.60. The predicted octanol–water partition coefficient (Wildman–Crippen LogP) is 0.712. The number of rotatable bonds is 19. The van der Waals surface area contributed by atoms with Gasteiger partial charge in [-0.2, -0.15) is 9.97 Å². The zero-order valence-electron chi connectivity index (χ0n) is 26.2. The molecule has 1 aliphatic rings. The van der Waals surface area contributed by atoms with E-state index in [1.54, 1.807) is 34.6 Å². The fourth-order valence-electron chi connectivity index (χ4n) is 4.60. The van der Waals surface area contributed by atoms with E-state index in [4.69, 9.17) is 34.9 Å². The maximum absolute atomic E-state index is 14.1. The van der Waals surface area contributed by atoms with Crippen LogP contribution >= 0.6 is 7.67 Å². The maximum Gasteiger partial charge on any atom is 0.342 e. The molecule has 2 rings (SSSR count). The molecular formula is C26H46N7O10P. The number of methoxy groups -OCH3 is 2. The SMILES string of the molecule is CCOC(=O)C(CC)NP(=O)(N[C@@H](CC)C(=O)OCC)OCC(OC)C(O)[C@]1(O)C(C)C1C=Nc1c(N)nc(N)nc1OC. The first-order chi connectivity index (χ1) is 20.8. The van der Waals surface area contributed by atoms with Gasteiger partial charge in [0.05, 0.1) is 26.9 Å². The number of nitrogens with zero attached hydrogens (tertiary/aromatic N) is 3. The first-order valence-electron chi connectivity index (χ1n) is 14.3. The first kappa shape index (κ1) is 37.3. The van der Waals surface area contributed by atoms with E-state index in [0.717, 1.165) is 0 Å². The van der Waals surface area contributed by atoms with Crippen LogP contribution in [0.3, 0.4) is 0 Å². The molecule has 0 spiro atoms. The Kier molecular flexibility index (Phi) is 13.9. The van der Waals surface area contributed by atoms with Gasteiger partial charge in [-0.15, -0.1) is 0 Å². The molecule has 17 nitrogen and oxygen atoms in total. The van der Waals surface area contributed by atoms with E-state index in [2.05, 4.69) is 25.1 Å². The third-order valence-corrected chi connectivity index (χ3v) is 9.12. The summed E-state index contributed by atoms with van der Waals surface area (Å²) in [6, 6.07) is -2.09. The molecule has 8 N–H and O–H groups in total. The summed E-state index contributed by atoms with van der Waals surface area (Å²) in [7, 11) is -1.58. The number of nitrogens with one attached hydrogen (secondary N) is 2. The van der Waals surface area contributed by atoms with Crippen molar-refractivity contribution >= 4 is 43.3 Å². The topological polar surface area (TPSA) is 252 Å². The number of ether oxygens (including phenoxy) is 4. The molecule has 1 aliphatic carbocycles. The summed E-state index contributed by atoms with van der Waals surface area (Å²) in [6.07, 6.45) is -0.990. The third kappa shape index (κ3) is 8.84. The molecule has 1 aromatic rings. The Hall–Kier alpha value is -2.92. The van der Waals surface area contributed by atoms with Crippen LogP contribution < -0.4 is 26.4 Å². The van der Waals surface area contributed by atoms with Crippen LogP contribution in [0.25, 0.3) is 0 Å². The number of hydrogen-bond donors (Lipinski definition) is 6. The van der Waals surface area contributed by atoms with E-state index in [0.29, 0.717) is 0 Å². The van der Waals surface area contributed by atoms with Gasteiger partial charge < -0.3 is 45.2 Å². The van der Waals surface area contributed by atoms with E-state index in [9.17, 15) is 24.4 Å². The van der Waals surface area contributed by atoms with Crippen molar-refractivity contribution in [3.8, 4) is 5.88 Å². The standard InChI is InChI=1S/C26H46N7O10P/c1-8-16(23(35)41-10-3)32-44(38,33-17(9-2)24(36)42-11-4)43-13-18(39-6)20(34)26(37)14(5)15(26)12-29-19-21(27)30-25(28)31-22(19)40-7/h12,14-18,20,34,37H,8-11,13H2,1-7H3,(H2,32,33,38)(H4,27,28,30,31)/t14?,15?,16-,17?,18?,20?,26-,44?/m0/s1. The number of aliphatic imine (C=N–C) groups is 1. The Morgan fingerprint density at radius 1 is 1.07 bits per heavy atom. The Balaban J connectivity index is 2.27. The number of nitrogens with two attached hydrogens (primary N) is 2. The monoisotopic (exact) mass is 647 g/mol. The number of carbonyl (C=O) groups excluding carboxylic acids is 2. The van der Waals surface area contributed by atoms with Crippen molar-refractivity contribution in [2.24, 2.45) is 16.8 Å². The van der Waals surface area contributed by atoms with Crippen LogP contribution in [-0.2, 0) is 32.9 Å². The van der Waals surface area contributed by atoms with Gasteiger partial charge in [-0.1, -0.05) is 20.8 Å². The molecule has 18 heteroatoms. The summed E-state index contributed by atoms with van der Waals surface area (Å²) in [5, 5.41) is 27.9. The molecule has 1 fully saturated rings. The number of aliphatic hydroxyl groups is 2. The molecule has 0 radical (unpaired) electrons. The fourth-order valence-corrected chi connectivity index (χ4v) is 6.57. The number of aliphatic hydroxyl groups excluding tert-OH is 1. The number of nitrogen functional groups attached to an aromatic ring is 2. The maximum atomic E-state index is 14.1. The highest BCUT2D eigenvalue weighted by Gasteiger charge is 2.66. The van der Waals surface area contributed by atoms with E-state index in [1.807, 2.05) is 0 Å². The van der Waals surface area contributed by atoms with E-state index < -0.39 is 67.9 Å². The molecule has 0 amide bonds. The Morgan fingerprint density at radius 3 is 2.07 bits per heavy atom. The van der Waals surface area contributed by atoms with Gasteiger partial charge in [0.1, 0.15) is 29.9 Å². The zero-order chi connectivity index (χ0) is 33.2. The van der Waals surface area contributed by atoms with Crippen LogP contribution in [0.1, 0.15) is 47.5 Å². The lowest BCUT2D eigenvalue weighted by Gasteiger charge is -2.31. The second-order valence-electron chi connectivity index (χ2n) is 10.1. The highest BCUT2D eigenvalue weighted by atomic mass is 31.2. The smallest absolute Gasteiger partial charge is 0.342 e. The zero-order valence-corrected chi connectivity index (χ0v) is 27.1. The van der Waals surface area contributed by atoms with Crippen LogP contribution in [0.5, 0.6) is 5.88 Å². The molecular weight excluding hydrogens is 601 g/mol. The second-order valence-corrected chi connectivity index (χ2v) is 11.9. The van der Waals surface area contributed by atoms with Crippen LogP contribution in [0.15, 0.2) is 4.99 Å². The number of anilines is 2. The summed E-state index contributed by atoms with van der Waals surface area (Å²) in [5.41, 5.74) is 9.89. The fraction of sp³-hybridized carbons (Fsp3) is 0.731. The van der Waals surface area contributed by atoms with Crippen molar-refractivity contribution in [1.82, 2.24) is 20.1 Å². The number of carbonyl (C=O) groups is 2. The van der Waals surface area contributed by atoms with Crippen LogP contribution in [0.4, 0.5) is 17.5 Å². The number of aromatic nitrogens is 2. The Morgan fingerprint density at radius 2 is 1.61 bits per heavy atom. The minimum atomic E-state index is -4.21. The summed E-state index contributed by atoms with van der Waals surface area (Å²) >= 11 is 0. The quantitative estimate of drug-likeness (QED) is 0.0687. The molecule has 0 saturated heterocycles. The predicted molar refractivity (Wildman–Crippen MR) is 161 cm³/mol. The number of hydrogen-bond acceptors (Lipinski definition) is 15. The summed E-state index contributed by atoms with van der Waals surface area (Å²) in [6.45, 7) is 7.99. The molecule has 1 saturated carbocycles. The van der Waals surface area contributed by atoms with Crippen molar-refractivity contribution < 1.29 is 47.8 Å². The molecule has 8 atom stereocenters. The van der Waals surface area contributed by atoms with Crippen molar-refractivity contribution in [1.29, 1.82) is 0 Å². The van der Waals surface area contributed by atoms with E-state index >= 15 is 0 Å². The Bertz CT molecular complexity index is 1180. The van der Waals surface area contributed by atoms with Gasteiger partial charge in [-0.25, -0.2) is 10.2 Å². The normalized spacial score (nSPS) is 23.8. The largest absolute Gasteiger partial charge is 0.479 e. The molecule has 0 aromatic carbocycles. The molecule has 44 heavy (non-hydrogen) atoms. The average Bonchev–Trinajstić information content (AvgIpc) is 3.53. The summed E-state index contributed by atoms with van der Waals surface area (Å²) in [4.78, 5) is 37.0. The Labute approximate surface area is 257 Å². The van der Waals surface area contributed by atoms with Gasteiger partial charge in [0.25, 0.3) is 0 Å². The van der Waals surface area contributed by atoms with Gasteiger partial charge in [0.2, 0.25) is 11.8 Å². The molecule has 250 valence electrons. The summed E-state index contributed by atoms with van der Waals surface area (Å²) < 4.78 is 40.5. The third-order valence-electron chi connectivity index (χ3n) is 7.31.